The summed E-state index contributed by atoms with van der Waals surface area (Å²) in [7, 11) is 0. The van der Waals surface area contributed by atoms with Crippen LogP contribution >= 0.6 is 23.1 Å². The monoisotopic (exact) mass is 553 g/mol. The molecule has 3 aromatic carbocycles. The zero-order valence-electron chi connectivity index (χ0n) is 22.5. The summed E-state index contributed by atoms with van der Waals surface area (Å²) in [6, 6.07) is 25.7. The van der Waals surface area contributed by atoms with Gasteiger partial charge in [-0.05, 0) is 61.1 Å². The predicted octanol–water partition coefficient (Wildman–Crippen LogP) is 8.06. The first-order valence-electron chi connectivity index (χ1n) is 13.1. The number of nitrogens with zero attached hydrogens (tertiary/aromatic N) is 2. The first-order chi connectivity index (χ1) is 18.9. The Morgan fingerprint density at radius 1 is 1.00 bits per heavy atom. The fourth-order valence-electron chi connectivity index (χ4n) is 4.49. The maximum absolute atomic E-state index is 14.1. The summed E-state index contributed by atoms with van der Waals surface area (Å²) in [5, 5.41) is 5.63. The molecular formula is C32H31N3O2S2. The Morgan fingerprint density at radius 3 is 2.38 bits per heavy atom. The van der Waals surface area contributed by atoms with Crippen LogP contribution in [0.25, 0.3) is 27.0 Å². The smallest absolute Gasteiger partial charge is 0.268 e. The Kier molecular flexibility index (Phi) is 8.00. The van der Waals surface area contributed by atoms with Crippen LogP contribution in [0.5, 0.6) is 0 Å². The van der Waals surface area contributed by atoms with Crippen LogP contribution in [-0.4, -0.2) is 20.7 Å². The lowest BCUT2D eigenvalue weighted by atomic mass is 9.99. The molecule has 2 unspecified atom stereocenters. The molecule has 1 N–H and O–H groups in total. The van der Waals surface area contributed by atoms with Gasteiger partial charge in [-0.15, -0.1) is 11.3 Å². The fraction of sp³-hybridized carbons (Fsp3) is 0.219. The molecule has 2 heterocycles. The van der Waals surface area contributed by atoms with E-state index < -0.39 is 5.25 Å². The first kappa shape index (κ1) is 26.9. The molecule has 5 aromatic rings. The van der Waals surface area contributed by atoms with Crippen molar-refractivity contribution in [2.45, 2.75) is 50.4 Å². The van der Waals surface area contributed by atoms with E-state index in [2.05, 4.69) is 31.3 Å². The summed E-state index contributed by atoms with van der Waals surface area (Å²) in [6.07, 6.45) is 1.07. The molecule has 0 spiro atoms. The number of thioether (sulfide) groups is 1. The lowest BCUT2D eigenvalue weighted by molar-refractivity contribution is -0.115. The molecule has 198 valence electrons. The van der Waals surface area contributed by atoms with Crippen molar-refractivity contribution < 1.29 is 4.79 Å². The molecule has 0 bridgehead atoms. The van der Waals surface area contributed by atoms with Crippen molar-refractivity contribution in [2.24, 2.45) is 0 Å². The van der Waals surface area contributed by atoms with Crippen LogP contribution in [0.2, 0.25) is 0 Å². The number of aryl methyl sites for hydroxylation is 1. The second-order valence-corrected chi connectivity index (χ2v) is 11.9. The largest absolute Gasteiger partial charge is 0.325 e. The van der Waals surface area contributed by atoms with Crippen LogP contribution in [0.1, 0.15) is 44.2 Å². The number of amides is 1. The van der Waals surface area contributed by atoms with Crippen LogP contribution < -0.4 is 10.9 Å². The molecule has 7 heteroatoms. The van der Waals surface area contributed by atoms with Crippen LogP contribution in [-0.2, 0) is 4.79 Å². The minimum absolute atomic E-state index is 0.134. The van der Waals surface area contributed by atoms with Gasteiger partial charge in [0.05, 0.1) is 16.3 Å². The van der Waals surface area contributed by atoms with E-state index in [1.165, 1.54) is 28.7 Å². The third kappa shape index (κ3) is 5.56. The standard InChI is InChI=1S/C32H31N3O2S2/c1-5-20(2)23-15-17-25(18-16-23)33-29(36)22(4)39-32-34-30-28(26(19-38-30)24-12-7-6-8-13-24)31(37)35(32)27-14-10-9-11-21(27)3/h6-20,22H,5H2,1-4H3,(H,33,36). The normalized spacial score (nSPS) is 12.8. The summed E-state index contributed by atoms with van der Waals surface area (Å²) in [6.45, 7) is 8.18. The average molecular weight is 554 g/mol. The molecule has 0 fully saturated rings. The van der Waals surface area contributed by atoms with Gasteiger partial charge in [0.15, 0.2) is 5.16 Å². The SMILES string of the molecule is CCC(C)c1ccc(NC(=O)C(C)Sc2nc3scc(-c4ccccc4)c3c(=O)n2-c2ccccc2C)cc1. The third-order valence-electron chi connectivity index (χ3n) is 7.03. The molecule has 5 nitrogen and oxygen atoms in total. The zero-order valence-corrected chi connectivity index (χ0v) is 24.1. The predicted molar refractivity (Wildman–Crippen MR) is 164 cm³/mol. The number of carbonyl (C=O) groups excluding carboxylic acids is 1. The van der Waals surface area contributed by atoms with E-state index in [9.17, 15) is 9.59 Å². The van der Waals surface area contributed by atoms with Crippen LogP contribution in [0.15, 0.2) is 94.2 Å². The lowest BCUT2D eigenvalue weighted by Gasteiger charge is -2.17. The van der Waals surface area contributed by atoms with E-state index in [0.717, 1.165) is 34.5 Å². The number of nitrogens with one attached hydrogen (secondary N) is 1. The van der Waals surface area contributed by atoms with Gasteiger partial charge in [-0.25, -0.2) is 4.98 Å². The van der Waals surface area contributed by atoms with Crippen molar-refractivity contribution in [1.82, 2.24) is 9.55 Å². The van der Waals surface area contributed by atoms with Gasteiger partial charge < -0.3 is 5.32 Å². The summed E-state index contributed by atoms with van der Waals surface area (Å²) in [5.41, 5.74) is 5.44. The molecule has 0 aliphatic heterocycles. The van der Waals surface area contributed by atoms with Crippen LogP contribution in [0.3, 0.4) is 0 Å². The zero-order chi connectivity index (χ0) is 27.5. The number of benzene rings is 3. The van der Waals surface area contributed by atoms with E-state index in [1.54, 1.807) is 4.57 Å². The average Bonchev–Trinajstić information content (AvgIpc) is 3.38. The summed E-state index contributed by atoms with van der Waals surface area (Å²) >= 11 is 2.74. The minimum atomic E-state index is -0.479. The van der Waals surface area contributed by atoms with E-state index in [0.29, 0.717) is 21.3 Å². The van der Waals surface area contributed by atoms with E-state index >= 15 is 0 Å². The number of thiophene rings is 1. The van der Waals surface area contributed by atoms with Gasteiger partial charge in [-0.2, -0.15) is 0 Å². The Morgan fingerprint density at radius 2 is 1.69 bits per heavy atom. The quantitative estimate of drug-likeness (QED) is 0.156. The van der Waals surface area contributed by atoms with Gasteiger partial charge in [-0.1, -0.05) is 86.3 Å². The first-order valence-corrected chi connectivity index (χ1v) is 14.9. The molecule has 0 saturated heterocycles. The fourth-order valence-corrected chi connectivity index (χ4v) is 6.40. The van der Waals surface area contributed by atoms with E-state index in [1.807, 2.05) is 86.0 Å². The number of anilines is 1. The summed E-state index contributed by atoms with van der Waals surface area (Å²) in [5.74, 6) is 0.334. The molecule has 5 rings (SSSR count). The second-order valence-electron chi connectivity index (χ2n) is 9.70. The van der Waals surface area contributed by atoms with Gasteiger partial charge >= 0.3 is 0 Å². The van der Waals surface area contributed by atoms with Crippen molar-refractivity contribution >= 4 is 44.9 Å². The highest BCUT2D eigenvalue weighted by atomic mass is 32.2. The molecular weight excluding hydrogens is 523 g/mol. The molecule has 0 aliphatic carbocycles. The lowest BCUT2D eigenvalue weighted by Crippen LogP contribution is -2.26. The highest BCUT2D eigenvalue weighted by molar-refractivity contribution is 8.00. The van der Waals surface area contributed by atoms with Crippen molar-refractivity contribution in [3.8, 4) is 16.8 Å². The molecule has 1 amide bonds. The minimum Gasteiger partial charge on any atom is -0.325 e. The highest BCUT2D eigenvalue weighted by Crippen LogP contribution is 2.34. The second kappa shape index (κ2) is 11.6. The van der Waals surface area contributed by atoms with E-state index in [4.69, 9.17) is 4.98 Å². The summed E-state index contributed by atoms with van der Waals surface area (Å²) in [4.78, 5) is 32.9. The number of carbonyl (C=O) groups is 1. The van der Waals surface area contributed by atoms with Crippen molar-refractivity contribution in [2.75, 3.05) is 5.32 Å². The number of fused-ring (bicyclic) bond motifs is 1. The Hall–Kier alpha value is -3.68. The molecule has 2 aromatic heterocycles. The van der Waals surface area contributed by atoms with Gasteiger partial charge in [-0.3, -0.25) is 14.2 Å². The maximum Gasteiger partial charge on any atom is 0.268 e. The topological polar surface area (TPSA) is 64.0 Å². The van der Waals surface area contributed by atoms with Gasteiger partial charge in [0.25, 0.3) is 5.56 Å². The Bertz CT molecular complexity index is 1670. The maximum atomic E-state index is 14.1. The van der Waals surface area contributed by atoms with Crippen LogP contribution in [0.4, 0.5) is 5.69 Å². The Labute approximate surface area is 236 Å². The highest BCUT2D eigenvalue weighted by Gasteiger charge is 2.23. The summed E-state index contributed by atoms with van der Waals surface area (Å²) < 4.78 is 1.66. The number of rotatable bonds is 8. The van der Waals surface area contributed by atoms with Gasteiger partial charge in [0.2, 0.25) is 5.91 Å². The Balaban J connectivity index is 1.51. The molecule has 0 aliphatic rings. The molecule has 0 saturated carbocycles. The van der Waals surface area contributed by atoms with Crippen molar-refractivity contribution in [3.63, 3.8) is 0 Å². The molecule has 2 atom stereocenters. The van der Waals surface area contributed by atoms with Crippen molar-refractivity contribution in [3.05, 3.63) is 106 Å². The number of para-hydroxylation sites is 1. The molecule has 0 radical (unpaired) electrons. The van der Waals surface area contributed by atoms with Gasteiger partial charge in [0, 0.05) is 16.6 Å². The number of hydrogen-bond donors (Lipinski definition) is 1. The van der Waals surface area contributed by atoms with E-state index in [-0.39, 0.29) is 11.5 Å². The number of hydrogen-bond acceptors (Lipinski definition) is 5. The van der Waals surface area contributed by atoms with Gasteiger partial charge in [0.1, 0.15) is 4.83 Å². The number of aromatic nitrogens is 2. The molecule has 39 heavy (non-hydrogen) atoms. The van der Waals surface area contributed by atoms with Crippen molar-refractivity contribution in [1.29, 1.82) is 0 Å². The van der Waals surface area contributed by atoms with Crippen LogP contribution in [0, 0.1) is 6.92 Å². The third-order valence-corrected chi connectivity index (χ3v) is 8.95.